The van der Waals surface area contributed by atoms with Crippen molar-refractivity contribution in [1.82, 2.24) is 30.8 Å². The first kappa shape index (κ1) is 17.7. The Morgan fingerprint density at radius 3 is 2.67 bits per heavy atom. The van der Waals surface area contributed by atoms with Crippen molar-refractivity contribution < 1.29 is 14.3 Å². The Kier molecular flexibility index (Phi) is 6.13. The van der Waals surface area contributed by atoms with Crippen LogP contribution in [0.25, 0.3) is 5.69 Å². The van der Waals surface area contributed by atoms with Gasteiger partial charge in [0.05, 0.1) is 18.0 Å². The number of carbonyl (C=O) groups is 2. The van der Waals surface area contributed by atoms with E-state index in [1.54, 1.807) is 45.2 Å². The fourth-order valence-corrected chi connectivity index (χ4v) is 2.58. The molecule has 2 aromatic rings. The number of hydrogen-bond acceptors (Lipinski definition) is 7. The van der Waals surface area contributed by atoms with Crippen molar-refractivity contribution in [3.05, 3.63) is 24.3 Å². The third-order valence-corrected chi connectivity index (χ3v) is 4.02. The van der Waals surface area contributed by atoms with Gasteiger partial charge in [-0.3, -0.25) is 10.1 Å². The average molecular weight is 350 g/mol. The van der Waals surface area contributed by atoms with Crippen molar-refractivity contribution >= 4 is 23.7 Å². The van der Waals surface area contributed by atoms with E-state index in [0.717, 1.165) is 23.2 Å². The zero-order valence-corrected chi connectivity index (χ0v) is 14.3. The highest BCUT2D eigenvalue weighted by molar-refractivity contribution is 8.00. The standard InChI is InChI=1S/C14H18N6O3S/c1-4-15-13(22)16-12(21)9(2)24-14-17-18-19-20(14)10-5-7-11(23-3)8-6-10/h5-9H,4H2,1-3H3,(H2,15,16,21,22)/t9-/m0/s1. The molecule has 0 unspecified atom stereocenters. The average Bonchev–Trinajstić information content (AvgIpc) is 3.03. The summed E-state index contributed by atoms with van der Waals surface area (Å²) in [6.07, 6.45) is 0. The second-order valence-electron chi connectivity index (χ2n) is 4.68. The number of benzene rings is 1. The van der Waals surface area contributed by atoms with E-state index < -0.39 is 17.2 Å². The third kappa shape index (κ3) is 4.44. The number of hydrogen-bond donors (Lipinski definition) is 2. The van der Waals surface area contributed by atoms with E-state index in [1.165, 1.54) is 4.68 Å². The molecule has 1 aromatic carbocycles. The minimum atomic E-state index is -0.546. The molecule has 0 radical (unpaired) electrons. The lowest BCUT2D eigenvalue weighted by Crippen LogP contribution is -2.42. The minimum Gasteiger partial charge on any atom is -0.497 e. The van der Waals surface area contributed by atoms with Gasteiger partial charge in [-0.15, -0.1) is 5.10 Å². The molecular formula is C14H18N6O3S. The number of ether oxygens (including phenoxy) is 1. The lowest BCUT2D eigenvalue weighted by atomic mass is 10.3. The number of thioether (sulfide) groups is 1. The number of amides is 3. The predicted molar refractivity (Wildman–Crippen MR) is 88.2 cm³/mol. The Morgan fingerprint density at radius 1 is 1.33 bits per heavy atom. The molecule has 3 amide bonds. The predicted octanol–water partition coefficient (Wildman–Crippen LogP) is 0.997. The number of methoxy groups -OCH3 is 1. The van der Waals surface area contributed by atoms with Gasteiger partial charge in [-0.25, -0.2) is 4.79 Å². The maximum atomic E-state index is 12.0. The lowest BCUT2D eigenvalue weighted by Gasteiger charge is -2.11. The Bertz CT molecular complexity index is 703. The van der Waals surface area contributed by atoms with Gasteiger partial charge in [0.2, 0.25) is 11.1 Å². The van der Waals surface area contributed by atoms with Crippen LogP contribution in [0.2, 0.25) is 0 Å². The maximum Gasteiger partial charge on any atom is 0.321 e. The smallest absolute Gasteiger partial charge is 0.321 e. The number of tetrazole rings is 1. The van der Waals surface area contributed by atoms with Crippen LogP contribution in [0.3, 0.4) is 0 Å². The molecule has 0 fully saturated rings. The SMILES string of the molecule is CCNC(=O)NC(=O)[C@H](C)Sc1nnnn1-c1ccc(OC)cc1. The number of carbonyl (C=O) groups excluding carboxylic acids is 2. The Morgan fingerprint density at radius 2 is 2.04 bits per heavy atom. The van der Waals surface area contributed by atoms with E-state index in [-0.39, 0.29) is 0 Å². The summed E-state index contributed by atoms with van der Waals surface area (Å²) in [4.78, 5) is 23.4. The highest BCUT2D eigenvalue weighted by atomic mass is 32.2. The topological polar surface area (TPSA) is 111 Å². The summed E-state index contributed by atoms with van der Waals surface area (Å²) < 4.78 is 6.63. The van der Waals surface area contributed by atoms with Gasteiger partial charge in [0, 0.05) is 6.54 Å². The molecular weight excluding hydrogens is 332 g/mol. The second kappa shape index (κ2) is 8.29. The van der Waals surface area contributed by atoms with Crippen LogP contribution in [0.5, 0.6) is 5.75 Å². The zero-order valence-electron chi connectivity index (χ0n) is 13.5. The van der Waals surface area contributed by atoms with Crippen molar-refractivity contribution in [2.45, 2.75) is 24.3 Å². The quantitative estimate of drug-likeness (QED) is 0.748. The largest absolute Gasteiger partial charge is 0.497 e. The van der Waals surface area contributed by atoms with Crippen molar-refractivity contribution in [2.75, 3.05) is 13.7 Å². The number of rotatable bonds is 6. The van der Waals surface area contributed by atoms with Crippen LogP contribution >= 0.6 is 11.8 Å². The fourth-order valence-electron chi connectivity index (χ4n) is 1.77. The number of imide groups is 1. The van der Waals surface area contributed by atoms with Gasteiger partial charge in [0.15, 0.2) is 0 Å². The van der Waals surface area contributed by atoms with Crippen molar-refractivity contribution in [3.8, 4) is 11.4 Å². The maximum absolute atomic E-state index is 12.0. The second-order valence-corrected chi connectivity index (χ2v) is 5.99. The molecule has 0 aliphatic rings. The van der Waals surface area contributed by atoms with Crippen LogP contribution in [0.1, 0.15) is 13.8 Å². The summed E-state index contributed by atoms with van der Waals surface area (Å²) in [6.45, 7) is 3.88. The Hall–Kier alpha value is -2.62. The molecule has 0 saturated carbocycles. The summed E-state index contributed by atoms with van der Waals surface area (Å²) in [6, 6.07) is 6.66. The normalized spacial score (nSPS) is 11.6. The molecule has 2 N–H and O–H groups in total. The third-order valence-electron chi connectivity index (χ3n) is 2.98. The van der Waals surface area contributed by atoms with Crippen LogP contribution in [0, 0.1) is 0 Å². The molecule has 2 rings (SSSR count). The molecule has 0 aliphatic heterocycles. The first-order valence-corrected chi connectivity index (χ1v) is 8.11. The zero-order chi connectivity index (χ0) is 17.5. The van der Waals surface area contributed by atoms with Crippen LogP contribution in [0.15, 0.2) is 29.4 Å². The molecule has 0 spiro atoms. The molecule has 0 bridgehead atoms. The molecule has 9 nitrogen and oxygen atoms in total. The van der Waals surface area contributed by atoms with Gasteiger partial charge >= 0.3 is 6.03 Å². The highest BCUT2D eigenvalue weighted by Crippen LogP contribution is 2.23. The van der Waals surface area contributed by atoms with Crippen molar-refractivity contribution in [2.24, 2.45) is 0 Å². The monoisotopic (exact) mass is 350 g/mol. The summed E-state index contributed by atoms with van der Waals surface area (Å²) >= 11 is 1.15. The number of aromatic nitrogens is 4. The summed E-state index contributed by atoms with van der Waals surface area (Å²) in [5, 5.41) is 16.2. The highest BCUT2D eigenvalue weighted by Gasteiger charge is 2.20. The molecule has 1 heterocycles. The van der Waals surface area contributed by atoms with E-state index >= 15 is 0 Å². The molecule has 0 aliphatic carbocycles. The molecule has 10 heteroatoms. The Labute approximate surface area is 143 Å². The van der Waals surface area contributed by atoms with Gasteiger partial charge in [0.1, 0.15) is 5.75 Å². The lowest BCUT2D eigenvalue weighted by molar-refractivity contribution is -0.119. The van der Waals surface area contributed by atoms with Gasteiger partial charge in [-0.05, 0) is 48.5 Å². The molecule has 128 valence electrons. The van der Waals surface area contributed by atoms with E-state index in [4.69, 9.17) is 4.74 Å². The first-order chi connectivity index (χ1) is 11.5. The van der Waals surface area contributed by atoms with Crippen molar-refractivity contribution in [3.63, 3.8) is 0 Å². The van der Waals surface area contributed by atoms with E-state index in [9.17, 15) is 9.59 Å². The minimum absolute atomic E-state index is 0.421. The molecule has 24 heavy (non-hydrogen) atoms. The molecule has 0 saturated heterocycles. The molecule has 1 aromatic heterocycles. The van der Waals surface area contributed by atoms with Crippen LogP contribution in [-0.2, 0) is 4.79 Å². The van der Waals surface area contributed by atoms with Crippen LogP contribution in [0.4, 0.5) is 4.79 Å². The van der Waals surface area contributed by atoms with Crippen molar-refractivity contribution in [1.29, 1.82) is 0 Å². The molecule has 1 atom stereocenters. The van der Waals surface area contributed by atoms with Crippen LogP contribution < -0.4 is 15.4 Å². The fraction of sp³-hybridized carbons (Fsp3) is 0.357. The first-order valence-electron chi connectivity index (χ1n) is 7.23. The number of urea groups is 1. The van der Waals surface area contributed by atoms with Gasteiger partial charge < -0.3 is 10.1 Å². The summed E-state index contributed by atoms with van der Waals surface area (Å²) in [7, 11) is 1.59. The number of nitrogens with one attached hydrogen (secondary N) is 2. The van der Waals surface area contributed by atoms with E-state index in [0.29, 0.717) is 11.7 Å². The van der Waals surface area contributed by atoms with Gasteiger partial charge in [-0.2, -0.15) is 4.68 Å². The summed E-state index contributed by atoms with van der Waals surface area (Å²) in [5.41, 5.74) is 0.736. The number of nitrogens with zero attached hydrogens (tertiary/aromatic N) is 4. The Balaban J connectivity index is 2.06. The summed E-state index contributed by atoms with van der Waals surface area (Å²) in [5.74, 6) is 0.297. The van der Waals surface area contributed by atoms with Gasteiger partial charge in [0.25, 0.3) is 0 Å². The van der Waals surface area contributed by atoms with Gasteiger partial charge in [-0.1, -0.05) is 11.8 Å². The van der Waals surface area contributed by atoms with Crippen LogP contribution in [-0.4, -0.2) is 51.1 Å². The van der Waals surface area contributed by atoms with E-state index in [2.05, 4.69) is 26.2 Å². The van der Waals surface area contributed by atoms with E-state index in [1.807, 2.05) is 0 Å².